The summed E-state index contributed by atoms with van der Waals surface area (Å²) in [4.78, 5) is 13.4. The van der Waals surface area contributed by atoms with Crippen LogP contribution in [0, 0.1) is 6.92 Å². The average molecular weight is 229 g/mol. The van der Waals surface area contributed by atoms with E-state index in [1.165, 1.54) is 0 Å². The van der Waals surface area contributed by atoms with Crippen LogP contribution in [0.25, 0.3) is 0 Å². The van der Waals surface area contributed by atoms with Gasteiger partial charge in [0.2, 0.25) is 5.95 Å². The molecule has 0 saturated heterocycles. The Labute approximate surface area is 97.4 Å². The van der Waals surface area contributed by atoms with Crippen LogP contribution in [0.5, 0.6) is 0 Å². The summed E-state index contributed by atoms with van der Waals surface area (Å²) in [6.45, 7) is 2.00. The van der Waals surface area contributed by atoms with E-state index >= 15 is 0 Å². The lowest BCUT2D eigenvalue weighted by Crippen LogP contribution is -2.10. The van der Waals surface area contributed by atoms with Crippen LogP contribution in [0.1, 0.15) is 11.1 Å². The Balaban J connectivity index is 2.05. The maximum Gasteiger partial charge on any atom is 0.271 e. The van der Waals surface area contributed by atoms with Gasteiger partial charge in [0.1, 0.15) is 6.20 Å². The van der Waals surface area contributed by atoms with Crippen molar-refractivity contribution in [2.45, 2.75) is 6.92 Å². The minimum atomic E-state index is -0.326. The van der Waals surface area contributed by atoms with Crippen molar-refractivity contribution >= 4 is 12.2 Å². The molecule has 0 spiro atoms. The van der Waals surface area contributed by atoms with Crippen molar-refractivity contribution < 1.29 is 0 Å². The number of H-pyrrole nitrogens is 1. The van der Waals surface area contributed by atoms with E-state index in [0.29, 0.717) is 0 Å². The van der Waals surface area contributed by atoms with E-state index in [9.17, 15) is 4.79 Å². The van der Waals surface area contributed by atoms with Gasteiger partial charge in [-0.3, -0.25) is 9.78 Å². The number of hydrogen-bond acceptors (Lipinski definition) is 5. The predicted octanol–water partition coefficient (Wildman–Crippen LogP) is 0.919. The van der Waals surface area contributed by atoms with E-state index in [0.717, 1.165) is 17.3 Å². The fourth-order valence-electron chi connectivity index (χ4n) is 1.28. The van der Waals surface area contributed by atoms with Gasteiger partial charge in [-0.25, -0.2) is 5.43 Å². The molecular weight excluding hydrogens is 218 g/mol. The highest BCUT2D eigenvalue weighted by Gasteiger charge is 1.92. The molecule has 0 aliphatic rings. The molecule has 0 unspecified atom stereocenters. The van der Waals surface area contributed by atoms with Crippen molar-refractivity contribution in [3.8, 4) is 0 Å². The van der Waals surface area contributed by atoms with Crippen molar-refractivity contribution in [1.29, 1.82) is 0 Å². The highest BCUT2D eigenvalue weighted by molar-refractivity contribution is 5.80. The molecule has 0 aliphatic heterocycles. The molecule has 1 aromatic carbocycles. The molecular formula is C11H11N5O. The standard InChI is InChI=1S/C11H11N5O/c1-8-3-2-4-9(5-8)6-12-15-11-14-10(17)7-13-16-11/h2-7H,1H3,(H2,14,15,16,17)/b12-6+. The summed E-state index contributed by atoms with van der Waals surface area (Å²) >= 11 is 0. The first-order valence-electron chi connectivity index (χ1n) is 5.02. The molecule has 17 heavy (non-hydrogen) atoms. The van der Waals surface area contributed by atoms with Gasteiger partial charge in [-0.15, -0.1) is 10.2 Å². The van der Waals surface area contributed by atoms with Crippen LogP contribution in [0.15, 0.2) is 40.4 Å². The molecule has 0 fully saturated rings. The number of rotatable bonds is 3. The maximum absolute atomic E-state index is 10.9. The average Bonchev–Trinajstić information content (AvgIpc) is 2.29. The number of nitrogens with one attached hydrogen (secondary N) is 2. The van der Waals surface area contributed by atoms with Gasteiger partial charge in [0, 0.05) is 0 Å². The molecule has 6 heteroatoms. The van der Waals surface area contributed by atoms with Gasteiger partial charge < -0.3 is 0 Å². The minimum absolute atomic E-state index is 0.210. The van der Waals surface area contributed by atoms with E-state index in [-0.39, 0.29) is 11.5 Å². The van der Waals surface area contributed by atoms with Gasteiger partial charge in [-0.05, 0) is 12.5 Å². The highest BCUT2D eigenvalue weighted by Crippen LogP contribution is 2.01. The Bertz CT molecular complexity index is 590. The number of aromatic nitrogens is 3. The molecule has 0 saturated carbocycles. The van der Waals surface area contributed by atoms with Crippen LogP contribution in [-0.2, 0) is 0 Å². The summed E-state index contributed by atoms with van der Waals surface area (Å²) in [7, 11) is 0. The fourth-order valence-corrected chi connectivity index (χ4v) is 1.28. The molecule has 1 heterocycles. The van der Waals surface area contributed by atoms with Gasteiger partial charge in [0.25, 0.3) is 5.56 Å². The Morgan fingerprint density at radius 3 is 3.12 bits per heavy atom. The second-order valence-corrected chi connectivity index (χ2v) is 3.47. The minimum Gasteiger partial charge on any atom is -0.289 e. The lowest BCUT2D eigenvalue weighted by Gasteiger charge is -1.97. The number of nitrogens with zero attached hydrogens (tertiary/aromatic N) is 3. The van der Waals surface area contributed by atoms with Crippen molar-refractivity contribution in [1.82, 2.24) is 15.2 Å². The molecule has 6 nitrogen and oxygen atoms in total. The topological polar surface area (TPSA) is 83.0 Å². The van der Waals surface area contributed by atoms with Gasteiger partial charge in [-0.1, -0.05) is 29.8 Å². The second-order valence-electron chi connectivity index (χ2n) is 3.47. The third kappa shape index (κ3) is 3.23. The van der Waals surface area contributed by atoms with Crippen LogP contribution in [-0.4, -0.2) is 21.4 Å². The summed E-state index contributed by atoms with van der Waals surface area (Å²) in [6, 6.07) is 7.87. The molecule has 0 atom stereocenters. The zero-order valence-electron chi connectivity index (χ0n) is 9.21. The molecule has 2 N–H and O–H groups in total. The van der Waals surface area contributed by atoms with Crippen LogP contribution >= 0.6 is 0 Å². The van der Waals surface area contributed by atoms with Crippen molar-refractivity contribution in [2.24, 2.45) is 5.10 Å². The molecule has 0 bridgehead atoms. The van der Waals surface area contributed by atoms with E-state index in [4.69, 9.17) is 0 Å². The third-order valence-electron chi connectivity index (χ3n) is 2.00. The Kier molecular flexibility index (Phi) is 3.25. The van der Waals surface area contributed by atoms with E-state index < -0.39 is 0 Å². The molecule has 2 aromatic rings. The SMILES string of the molecule is Cc1cccc(/C=N/Nc2nncc(=O)[nH]2)c1. The first kappa shape index (κ1) is 11.0. The Hall–Kier alpha value is -2.50. The monoisotopic (exact) mass is 229 g/mol. The first-order chi connectivity index (χ1) is 8.24. The summed E-state index contributed by atoms with van der Waals surface area (Å²) in [5, 5.41) is 11.1. The van der Waals surface area contributed by atoms with Crippen molar-refractivity contribution in [3.05, 3.63) is 51.9 Å². The van der Waals surface area contributed by atoms with E-state index in [1.54, 1.807) is 6.21 Å². The quantitative estimate of drug-likeness (QED) is 0.605. The normalized spacial score (nSPS) is 10.6. The molecule has 0 aliphatic carbocycles. The predicted molar refractivity (Wildman–Crippen MR) is 65.0 cm³/mol. The van der Waals surface area contributed by atoms with Gasteiger partial charge in [0.05, 0.1) is 6.21 Å². The Morgan fingerprint density at radius 2 is 2.35 bits per heavy atom. The zero-order chi connectivity index (χ0) is 12.1. The number of hydrazone groups is 1. The van der Waals surface area contributed by atoms with Crippen LogP contribution < -0.4 is 11.0 Å². The highest BCUT2D eigenvalue weighted by atomic mass is 16.1. The number of hydrogen-bond donors (Lipinski definition) is 2. The summed E-state index contributed by atoms with van der Waals surface area (Å²) in [5.41, 5.74) is 4.38. The lowest BCUT2D eigenvalue weighted by molar-refractivity contribution is 0.939. The lowest BCUT2D eigenvalue weighted by atomic mass is 10.2. The van der Waals surface area contributed by atoms with Crippen LogP contribution in [0.4, 0.5) is 5.95 Å². The van der Waals surface area contributed by atoms with E-state index in [2.05, 4.69) is 25.7 Å². The largest absolute Gasteiger partial charge is 0.289 e. The summed E-state index contributed by atoms with van der Waals surface area (Å²) in [6.07, 6.45) is 2.73. The van der Waals surface area contributed by atoms with Crippen LogP contribution in [0.2, 0.25) is 0 Å². The molecule has 0 radical (unpaired) electrons. The van der Waals surface area contributed by atoms with Gasteiger partial charge >= 0.3 is 0 Å². The number of anilines is 1. The van der Waals surface area contributed by atoms with E-state index in [1.807, 2.05) is 31.2 Å². The van der Waals surface area contributed by atoms with Crippen LogP contribution in [0.3, 0.4) is 0 Å². The zero-order valence-corrected chi connectivity index (χ0v) is 9.21. The summed E-state index contributed by atoms with van der Waals surface area (Å²) in [5.74, 6) is 0.210. The van der Waals surface area contributed by atoms with Gasteiger partial charge in [-0.2, -0.15) is 5.10 Å². The Morgan fingerprint density at radius 1 is 1.47 bits per heavy atom. The second kappa shape index (κ2) is 5.02. The number of aryl methyl sites for hydroxylation is 1. The molecule has 1 aromatic heterocycles. The smallest absolute Gasteiger partial charge is 0.271 e. The van der Waals surface area contributed by atoms with Gasteiger partial charge in [0.15, 0.2) is 0 Å². The molecule has 86 valence electrons. The molecule has 2 rings (SSSR count). The van der Waals surface area contributed by atoms with Crippen molar-refractivity contribution in [3.63, 3.8) is 0 Å². The molecule has 0 amide bonds. The fraction of sp³-hybridized carbons (Fsp3) is 0.0909. The third-order valence-corrected chi connectivity index (χ3v) is 2.00. The van der Waals surface area contributed by atoms with Crippen molar-refractivity contribution in [2.75, 3.05) is 5.43 Å². The summed E-state index contributed by atoms with van der Waals surface area (Å²) < 4.78 is 0. The first-order valence-corrected chi connectivity index (χ1v) is 5.02. The number of aromatic amines is 1. The number of benzene rings is 1. The maximum atomic E-state index is 10.9.